The van der Waals surface area contributed by atoms with E-state index in [1.807, 2.05) is 0 Å². The van der Waals surface area contributed by atoms with E-state index in [1.165, 1.54) is 18.2 Å². The topological polar surface area (TPSA) is 122 Å². The van der Waals surface area contributed by atoms with Gasteiger partial charge in [0.05, 0.1) is 11.5 Å². The first-order valence-corrected chi connectivity index (χ1v) is 9.60. The van der Waals surface area contributed by atoms with Gasteiger partial charge in [-0.25, -0.2) is 8.42 Å². The van der Waals surface area contributed by atoms with Crippen molar-refractivity contribution < 1.29 is 27.9 Å². The fraction of sp³-hybridized carbons (Fsp3) is 0.222. The van der Waals surface area contributed by atoms with Gasteiger partial charge in [-0.1, -0.05) is 18.2 Å². The quantitative estimate of drug-likeness (QED) is 0.442. The van der Waals surface area contributed by atoms with Crippen molar-refractivity contribution in [3.63, 3.8) is 0 Å². The van der Waals surface area contributed by atoms with E-state index in [1.54, 1.807) is 37.3 Å². The van der Waals surface area contributed by atoms with Gasteiger partial charge in [-0.2, -0.15) is 0 Å². The second-order valence-corrected chi connectivity index (χ2v) is 7.38. The van der Waals surface area contributed by atoms with Crippen LogP contribution in [0.25, 0.3) is 0 Å². The van der Waals surface area contributed by atoms with Gasteiger partial charge in [-0.05, 0) is 49.2 Å². The first kappa shape index (κ1) is 20.4. The molecule has 3 N–H and O–H groups in total. The first-order chi connectivity index (χ1) is 12.8. The van der Waals surface area contributed by atoms with Gasteiger partial charge >= 0.3 is 5.97 Å². The average molecular weight is 392 g/mol. The number of carbonyl (C=O) groups is 2. The van der Waals surface area contributed by atoms with Gasteiger partial charge in [0.1, 0.15) is 5.75 Å². The predicted molar refractivity (Wildman–Crippen MR) is 97.8 cm³/mol. The van der Waals surface area contributed by atoms with E-state index in [4.69, 9.17) is 9.84 Å². The Bertz CT molecular complexity index is 913. The van der Waals surface area contributed by atoms with Crippen molar-refractivity contribution in [3.05, 3.63) is 59.7 Å². The minimum atomic E-state index is -3.95. The molecular weight excluding hydrogens is 372 g/mol. The monoisotopic (exact) mass is 392 g/mol. The molecule has 0 aliphatic heterocycles. The van der Waals surface area contributed by atoms with Gasteiger partial charge in [-0.3, -0.25) is 15.0 Å². The summed E-state index contributed by atoms with van der Waals surface area (Å²) in [4.78, 5) is 24.4. The number of carbonyl (C=O) groups excluding carboxylic acids is 1. The third-order valence-electron chi connectivity index (χ3n) is 3.58. The van der Waals surface area contributed by atoms with Crippen molar-refractivity contribution >= 4 is 21.9 Å². The fourth-order valence-electron chi connectivity index (χ4n) is 2.19. The lowest BCUT2D eigenvalue weighted by Gasteiger charge is -2.12. The average Bonchev–Trinajstić information content (AvgIpc) is 2.64. The number of carboxylic acid groups (broad SMARTS) is 1. The van der Waals surface area contributed by atoms with Crippen molar-refractivity contribution in [3.8, 4) is 5.75 Å². The molecule has 0 atom stereocenters. The highest BCUT2D eigenvalue weighted by Gasteiger charge is 2.17. The Kier molecular flexibility index (Phi) is 6.91. The molecular formula is C18H20N2O6S. The summed E-state index contributed by atoms with van der Waals surface area (Å²) in [6.45, 7) is 1.89. The summed E-state index contributed by atoms with van der Waals surface area (Å²) in [6.07, 6.45) is 0.346. The van der Waals surface area contributed by atoms with E-state index in [-0.39, 0.29) is 17.9 Å². The van der Waals surface area contributed by atoms with E-state index in [9.17, 15) is 18.0 Å². The molecule has 2 aromatic carbocycles. The summed E-state index contributed by atoms with van der Waals surface area (Å²) in [5.41, 5.74) is 3.05. The second-order valence-electron chi connectivity index (χ2n) is 5.70. The molecule has 0 saturated heterocycles. The molecule has 0 fully saturated rings. The summed E-state index contributed by atoms with van der Waals surface area (Å²) < 4.78 is 30.1. The molecule has 2 rings (SSSR count). The number of hydrazine groups is 1. The normalized spacial score (nSPS) is 11.0. The largest absolute Gasteiger partial charge is 0.493 e. The molecule has 0 aliphatic rings. The van der Waals surface area contributed by atoms with Crippen molar-refractivity contribution in [2.24, 2.45) is 0 Å². The predicted octanol–water partition coefficient (Wildman–Crippen LogP) is 1.86. The zero-order valence-corrected chi connectivity index (χ0v) is 15.5. The van der Waals surface area contributed by atoms with Crippen LogP contribution in [0.3, 0.4) is 0 Å². The summed E-state index contributed by atoms with van der Waals surface area (Å²) in [5, 5.41) is 8.59. The number of nitrogens with one attached hydrogen (secondary N) is 2. The van der Waals surface area contributed by atoms with E-state index >= 15 is 0 Å². The molecule has 0 aliphatic carbocycles. The molecule has 9 heteroatoms. The highest BCUT2D eigenvalue weighted by atomic mass is 32.2. The van der Waals surface area contributed by atoms with Gasteiger partial charge in [0.25, 0.3) is 15.9 Å². The zero-order valence-electron chi connectivity index (χ0n) is 14.6. The smallest absolute Gasteiger partial charge is 0.303 e. The van der Waals surface area contributed by atoms with Crippen molar-refractivity contribution in [2.45, 2.75) is 24.7 Å². The summed E-state index contributed by atoms with van der Waals surface area (Å²) in [5.74, 6) is -1.01. The highest BCUT2D eigenvalue weighted by molar-refractivity contribution is 7.89. The SMILES string of the molecule is Cc1cc(S(=O)(=O)NNC(=O)c2ccccc2)ccc1OCCCC(=O)O. The first-order valence-electron chi connectivity index (χ1n) is 8.12. The van der Waals surface area contributed by atoms with Crippen molar-refractivity contribution in [1.29, 1.82) is 0 Å². The van der Waals surface area contributed by atoms with Crippen LogP contribution in [0.15, 0.2) is 53.4 Å². The molecule has 0 bridgehead atoms. The van der Waals surface area contributed by atoms with Crippen LogP contribution in [0.5, 0.6) is 5.75 Å². The molecule has 27 heavy (non-hydrogen) atoms. The molecule has 0 saturated carbocycles. The maximum absolute atomic E-state index is 12.3. The lowest BCUT2D eigenvalue weighted by atomic mass is 10.2. The van der Waals surface area contributed by atoms with Crippen molar-refractivity contribution in [2.75, 3.05) is 6.61 Å². The van der Waals surface area contributed by atoms with E-state index < -0.39 is 21.9 Å². The Morgan fingerprint density at radius 2 is 1.81 bits per heavy atom. The lowest BCUT2D eigenvalue weighted by Crippen LogP contribution is -2.41. The Morgan fingerprint density at radius 1 is 1.11 bits per heavy atom. The zero-order chi connectivity index (χ0) is 19.9. The van der Waals surface area contributed by atoms with E-state index in [2.05, 4.69) is 10.3 Å². The Labute approximate surface area is 157 Å². The molecule has 0 aromatic heterocycles. The maximum atomic E-state index is 12.3. The number of benzene rings is 2. The number of carboxylic acids is 1. The number of aliphatic carboxylic acids is 1. The molecule has 144 valence electrons. The minimum absolute atomic E-state index is 0.00343. The van der Waals surface area contributed by atoms with Gasteiger partial charge in [0.15, 0.2) is 0 Å². The Hall–Kier alpha value is -2.91. The van der Waals surface area contributed by atoms with Crippen molar-refractivity contribution in [1.82, 2.24) is 10.3 Å². The third kappa shape index (κ3) is 6.08. The third-order valence-corrected chi connectivity index (χ3v) is 4.83. The number of ether oxygens (including phenoxy) is 1. The number of amides is 1. The summed E-state index contributed by atoms with van der Waals surface area (Å²) >= 11 is 0. The number of hydrogen-bond donors (Lipinski definition) is 3. The Morgan fingerprint density at radius 3 is 2.44 bits per heavy atom. The Balaban J connectivity index is 1.98. The standard InChI is InChI=1S/C18H20N2O6S/c1-13-12-15(9-10-16(13)26-11-5-8-17(21)22)27(24,25)20-19-18(23)14-6-3-2-4-7-14/h2-4,6-7,9-10,12,20H,5,8,11H2,1H3,(H,19,23)(H,21,22). The van der Waals surface area contributed by atoms with Crippen LogP contribution < -0.4 is 15.0 Å². The van der Waals surface area contributed by atoms with Crippen LogP contribution in [0.2, 0.25) is 0 Å². The number of sulfonamides is 1. The molecule has 0 spiro atoms. The van der Waals surface area contributed by atoms with Gasteiger partial charge in [0, 0.05) is 12.0 Å². The minimum Gasteiger partial charge on any atom is -0.493 e. The maximum Gasteiger partial charge on any atom is 0.303 e. The lowest BCUT2D eigenvalue weighted by molar-refractivity contribution is -0.137. The number of aryl methyl sites for hydroxylation is 1. The summed E-state index contributed by atoms with van der Waals surface area (Å²) in [6, 6.07) is 12.4. The molecule has 0 radical (unpaired) electrons. The molecule has 8 nitrogen and oxygen atoms in total. The molecule has 0 heterocycles. The summed E-state index contributed by atoms with van der Waals surface area (Å²) in [7, 11) is -3.95. The molecule has 2 aromatic rings. The van der Waals surface area contributed by atoms with Gasteiger partial charge < -0.3 is 9.84 Å². The van der Waals surface area contributed by atoms with Gasteiger partial charge in [-0.15, -0.1) is 4.83 Å². The van der Waals surface area contributed by atoms with E-state index in [0.717, 1.165) is 0 Å². The van der Waals surface area contributed by atoms with Crippen LogP contribution in [0, 0.1) is 6.92 Å². The molecule has 0 unspecified atom stereocenters. The number of hydrogen-bond acceptors (Lipinski definition) is 5. The van der Waals surface area contributed by atoms with Crippen LogP contribution in [-0.2, 0) is 14.8 Å². The molecule has 1 amide bonds. The van der Waals surface area contributed by atoms with Crippen LogP contribution >= 0.6 is 0 Å². The fourth-order valence-corrected chi connectivity index (χ4v) is 3.11. The second kappa shape index (κ2) is 9.15. The van der Waals surface area contributed by atoms with E-state index in [0.29, 0.717) is 23.3 Å². The van der Waals surface area contributed by atoms with Crippen LogP contribution in [0.1, 0.15) is 28.8 Å². The van der Waals surface area contributed by atoms with Gasteiger partial charge in [0.2, 0.25) is 0 Å². The number of rotatable bonds is 9. The van der Waals surface area contributed by atoms with Crippen LogP contribution in [0.4, 0.5) is 0 Å². The highest BCUT2D eigenvalue weighted by Crippen LogP contribution is 2.22. The van der Waals surface area contributed by atoms with Crippen LogP contribution in [-0.4, -0.2) is 32.0 Å².